The van der Waals surface area contributed by atoms with E-state index >= 15 is 0 Å². The molecule has 138 valence electrons. The quantitative estimate of drug-likeness (QED) is 0.248. The van der Waals surface area contributed by atoms with Crippen molar-refractivity contribution in [2.24, 2.45) is 0 Å². The van der Waals surface area contributed by atoms with Crippen LogP contribution in [0.4, 0.5) is 0 Å². The number of hydrogen-bond acceptors (Lipinski definition) is 1. The molecule has 5 aromatic rings. The molecule has 0 nitrogen and oxygen atoms in total. The van der Waals surface area contributed by atoms with Crippen LogP contribution in [0.25, 0.3) is 42.4 Å². The largest absolute Gasteiger partial charge is 0.135 e. The fourth-order valence-corrected chi connectivity index (χ4v) is 7.32. The molecule has 4 aromatic carbocycles. The molecule has 0 N–H and O–H groups in total. The summed E-state index contributed by atoms with van der Waals surface area (Å²) in [5, 5.41) is 4.21. The molecule has 0 spiro atoms. The van der Waals surface area contributed by atoms with Gasteiger partial charge in [-0.05, 0) is 55.1 Å². The molecule has 0 atom stereocenters. The average Bonchev–Trinajstić information content (AvgIpc) is 3.38. The van der Waals surface area contributed by atoms with Gasteiger partial charge >= 0.3 is 0 Å². The molecule has 0 fully saturated rings. The van der Waals surface area contributed by atoms with Crippen LogP contribution in [-0.4, -0.2) is 0 Å². The van der Waals surface area contributed by atoms with Gasteiger partial charge < -0.3 is 0 Å². The summed E-state index contributed by atoms with van der Waals surface area (Å²) >= 11 is 2.01. The lowest BCUT2D eigenvalue weighted by Gasteiger charge is -2.21. The van der Waals surface area contributed by atoms with Crippen LogP contribution in [0.15, 0.2) is 72.8 Å². The van der Waals surface area contributed by atoms with Gasteiger partial charge in [0.25, 0.3) is 0 Å². The number of benzene rings is 4. The second-order valence-corrected chi connectivity index (χ2v) is 9.96. The molecule has 1 heterocycles. The molecular weight excluding hydrogens is 368 g/mol. The number of fused-ring (bicyclic) bond motifs is 11. The van der Waals surface area contributed by atoms with Gasteiger partial charge in [0.1, 0.15) is 0 Å². The van der Waals surface area contributed by atoms with Crippen molar-refractivity contribution in [1.29, 1.82) is 0 Å². The highest BCUT2D eigenvalue weighted by Crippen LogP contribution is 2.57. The van der Waals surface area contributed by atoms with Crippen molar-refractivity contribution < 1.29 is 0 Å². The zero-order valence-electron chi connectivity index (χ0n) is 16.5. The van der Waals surface area contributed by atoms with Gasteiger partial charge in [0, 0.05) is 21.4 Å². The van der Waals surface area contributed by atoms with Crippen LogP contribution in [0.2, 0.25) is 0 Å². The minimum absolute atomic E-state index is 0.0660. The first-order valence-electron chi connectivity index (χ1n) is 10.3. The first-order chi connectivity index (χ1) is 14.1. The summed E-state index contributed by atoms with van der Waals surface area (Å²) in [5.74, 6) is 0. The smallest absolute Gasteiger partial charge is 0.0399 e. The van der Waals surface area contributed by atoms with Crippen LogP contribution in [0, 0.1) is 0 Å². The Bertz CT molecular complexity index is 1500. The molecule has 0 bridgehead atoms. The molecule has 7 rings (SSSR count). The lowest BCUT2D eigenvalue weighted by molar-refractivity contribution is 0.667. The molecule has 2 aliphatic carbocycles. The van der Waals surface area contributed by atoms with Gasteiger partial charge in [0.15, 0.2) is 0 Å². The zero-order valence-corrected chi connectivity index (χ0v) is 17.4. The van der Waals surface area contributed by atoms with Crippen LogP contribution in [-0.2, 0) is 11.8 Å². The molecule has 0 radical (unpaired) electrons. The first kappa shape index (κ1) is 16.0. The molecular formula is C28H20S. The number of thiophene rings is 1. The highest BCUT2D eigenvalue weighted by atomic mass is 32.1. The highest BCUT2D eigenvalue weighted by Gasteiger charge is 2.39. The van der Waals surface area contributed by atoms with Crippen molar-refractivity contribution in [3.8, 4) is 21.6 Å². The van der Waals surface area contributed by atoms with E-state index in [-0.39, 0.29) is 5.41 Å². The maximum atomic E-state index is 2.39. The highest BCUT2D eigenvalue weighted by molar-refractivity contribution is 7.23. The average molecular weight is 389 g/mol. The Labute approximate surface area is 174 Å². The Morgan fingerprint density at radius 2 is 1.45 bits per heavy atom. The van der Waals surface area contributed by atoms with E-state index < -0.39 is 0 Å². The van der Waals surface area contributed by atoms with E-state index in [0.29, 0.717) is 0 Å². The topological polar surface area (TPSA) is 0 Å². The normalized spacial score (nSPS) is 15.4. The second-order valence-electron chi connectivity index (χ2n) is 8.93. The summed E-state index contributed by atoms with van der Waals surface area (Å²) in [7, 11) is 0. The number of rotatable bonds is 0. The molecule has 0 saturated carbocycles. The first-order valence-corrected chi connectivity index (χ1v) is 11.2. The van der Waals surface area contributed by atoms with Crippen molar-refractivity contribution in [3.63, 3.8) is 0 Å². The molecule has 29 heavy (non-hydrogen) atoms. The van der Waals surface area contributed by atoms with E-state index in [1.54, 1.807) is 0 Å². The van der Waals surface area contributed by atoms with Gasteiger partial charge in [-0.15, -0.1) is 11.3 Å². The Morgan fingerprint density at radius 3 is 2.38 bits per heavy atom. The summed E-state index contributed by atoms with van der Waals surface area (Å²) in [6, 6.07) is 27.2. The van der Waals surface area contributed by atoms with E-state index in [1.165, 1.54) is 64.7 Å². The zero-order chi connectivity index (χ0) is 19.3. The summed E-state index contributed by atoms with van der Waals surface area (Å²) in [4.78, 5) is 1.48. The molecule has 0 unspecified atom stereocenters. The van der Waals surface area contributed by atoms with Crippen LogP contribution in [0.3, 0.4) is 0 Å². The van der Waals surface area contributed by atoms with Crippen molar-refractivity contribution >= 4 is 32.2 Å². The van der Waals surface area contributed by atoms with Gasteiger partial charge in [-0.2, -0.15) is 0 Å². The Hall–Kier alpha value is -2.90. The van der Waals surface area contributed by atoms with Crippen LogP contribution >= 0.6 is 11.3 Å². The van der Waals surface area contributed by atoms with E-state index in [0.717, 1.165) is 6.42 Å². The minimum atomic E-state index is 0.0660. The van der Waals surface area contributed by atoms with Crippen molar-refractivity contribution in [1.82, 2.24) is 0 Å². The molecule has 0 amide bonds. The van der Waals surface area contributed by atoms with Gasteiger partial charge in [0.2, 0.25) is 0 Å². The van der Waals surface area contributed by atoms with Crippen molar-refractivity contribution in [3.05, 3.63) is 95.1 Å². The van der Waals surface area contributed by atoms with E-state index in [9.17, 15) is 0 Å². The van der Waals surface area contributed by atoms with Gasteiger partial charge in [0.05, 0.1) is 0 Å². The maximum Gasteiger partial charge on any atom is 0.0399 e. The summed E-state index contributed by atoms with van der Waals surface area (Å²) in [6.07, 6.45) is 1.05. The summed E-state index contributed by atoms with van der Waals surface area (Å²) < 4.78 is 1.50. The van der Waals surface area contributed by atoms with Crippen LogP contribution < -0.4 is 0 Å². The van der Waals surface area contributed by atoms with Crippen molar-refractivity contribution in [2.75, 3.05) is 0 Å². The Balaban J connectivity index is 1.54. The fourth-order valence-electron chi connectivity index (χ4n) is 5.77. The van der Waals surface area contributed by atoms with Crippen molar-refractivity contribution in [2.45, 2.75) is 25.7 Å². The SMILES string of the molecule is CC1(C)c2ccccc2-c2sc3c4c(ccc3c21)-c1ccc2ccccc2c1C4. The molecule has 0 aliphatic heterocycles. The third kappa shape index (κ3) is 1.85. The molecule has 0 saturated heterocycles. The lowest BCUT2D eigenvalue weighted by Crippen LogP contribution is -2.14. The fraction of sp³-hybridized carbons (Fsp3) is 0.143. The van der Waals surface area contributed by atoms with Gasteiger partial charge in [-0.1, -0.05) is 86.6 Å². The Kier molecular flexibility index (Phi) is 2.85. The van der Waals surface area contributed by atoms with Gasteiger partial charge in [-0.3, -0.25) is 0 Å². The van der Waals surface area contributed by atoms with E-state index in [2.05, 4.69) is 86.6 Å². The van der Waals surface area contributed by atoms with Crippen LogP contribution in [0.1, 0.15) is 36.1 Å². The molecule has 1 heteroatoms. The maximum absolute atomic E-state index is 2.39. The number of hydrogen-bond donors (Lipinski definition) is 0. The second kappa shape index (κ2) is 5.17. The molecule has 1 aromatic heterocycles. The lowest BCUT2D eigenvalue weighted by atomic mass is 9.81. The predicted molar refractivity (Wildman–Crippen MR) is 125 cm³/mol. The Morgan fingerprint density at radius 1 is 0.690 bits per heavy atom. The van der Waals surface area contributed by atoms with Gasteiger partial charge in [-0.25, -0.2) is 0 Å². The summed E-state index contributed by atoms with van der Waals surface area (Å²) in [5.41, 5.74) is 10.4. The van der Waals surface area contributed by atoms with E-state index in [1.807, 2.05) is 11.3 Å². The minimum Gasteiger partial charge on any atom is -0.135 e. The third-order valence-electron chi connectivity index (χ3n) is 7.12. The van der Waals surface area contributed by atoms with Crippen LogP contribution in [0.5, 0.6) is 0 Å². The standard InChI is InChI=1S/C28H20S/c1-28(2)24-10-6-5-9-20(24)27-25(28)21-14-13-19-18-12-11-16-7-3-4-8-17(16)22(18)15-23(19)26(21)29-27/h3-14H,15H2,1-2H3. The summed E-state index contributed by atoms with van der Waals surface area (Å²) in [6.45, 7) is 4.78. The third-order valence-corrected chi connectivity index (χ3v) is 8.41. The molecule has 2 aliphatic rings. The van der Waals surface area contributed by atoms with E-state index in [4.69, 9.17) is 0 Å². The predicted octanol–water partition coefficient (Wildman–Crippen LogP) is 7.93. The monoisotopic (exact) mass is 388 g/mol.